The van der Waals surface area contributed by atoms with Crippen molar-refractivity contribution in [3.8, 4) is 0 Å². The van der Waals surface area contributed by atoms with E-state index in [-0.39, 0.29) is 16.6 Å². The van der Waals surface area contributed by atoms with Crippen molar-refractivity contribution >= 4 is 20.4 Å². The predicted octanol–water partition coefficient (Wildman–Crippen LogP) is 4.80. The van der Waals surface area contributed by atoms with E-state index < -0.39 is 31.9 Å². The number of rotatable bonds is 3. The Hall–Kier alpha value is -1.08. The Kier molecular flexibility index (Phi) is 6.62. The van der Waals surface area contributed by atoms with Crippen molar-refractivity contribution in [3.05, 3.63) is 0 Å². The molecule has 1 saturated carbocycles. The zero-order valence-corrected chi connectivity index (χ0v) is 19.1. The number of hydrogen-bond donors (Lipinski definition) is 1. The smallest absolute Gasteiger partial charge is 0.441 e. The van der Waals surface area contributed by atoms with E-state index in [1.54, 1.807) is 20.8 Å². The SMILES string of the molecule is CC1(C)C[C@H](O[Si](C)(C)C(C)(C)C)[C@@H](C(=O)ONC(=O)OC(C)(C)C)C1. The van der Waals surface area contributed by atoms with E-state index in [4.69, 9.17) is 14.0 Å². The molecular formula is C19H37NO5Si. The molecule has 6 nitrogen and oxygen atoms in total. The van der Waals surface area contributed by atoms with Gasteiger partial charge in [0, 0.05) is 0 Å². The third-order valence-corrected chi connectivity index (χ3v) is 9.67. The molecular weight excluding hydrogens is 350 g/mol. The van der Waals surface area contributed by atoms with E-state index in [2.05, 4.69) is 53.2 Å². The summed E-state index contributed by atoms with van der Waals surface area (Å²) in [5.74, 6) is -0.862. The molecule has 1 aliphatic carbocycles. The van der Waals surface area contributed by atoms with E-state index in [0.717, 1.165) is 6.42 Å². The van der Waals surface area contributed by atoms with Gasteiger partial charge < -0.3 is 14.0 Å². The first-order chi connectivity index (χ1) is 11.4. The first-order valence-electron chi connectivity index (χ1n) is 9.31. The van der Waals surface area contributed by atoms with E-state index in [9.17, 15) is 9.59 Å². The van der Waals surface area contributed by atoms with Gasteiger partial charge in [0.25, 0.3) is 0 Å². The topological polar surface area (TPSA) is 73.9 Å². The average molecular weight is 388 g/mol. The van der Waals surface area contributed by atoms with Crippen LogP contribution in [-0.4, -0.2) is 32.1 Å². The Morgan fingerprint density at radius 1 is 1.04 bits per heavy atom. The quantitative estimate of drug-likeness (QED) is 0.556. The summed E-state index contributed by atoms with van der Waals surface area (Å²) in [6.07, 6.45) is 0.496. The molecule has 1 aliphatic rings. The second-order valence-corrected chi connectivity index (χ2v) is 15.4. The third kappa shape index (κ3) is 6.58. The Bertz CT molecular complexity index is 531. The highest BCUT2D eigenvalue weighted by Crippen LogP contribution is 2.47. The standard InChI is InChI=1S/C19H37NO5Si/c1-17(2,3)23-16(22)20-24-15(21)13-11-19(7,8)12-14(13)25-26(9,10)18(4,5)6/h13-14H,11-12H2,1-10H3,(H,20,22)/t13-,14-/m0/s1. The maximum absolute atomic E-state index is 12.6. The fourth-order valence-corrected chi connectivity index (χ4v) is 4.24. The minimum Gasteiger partial charge on any atom is -0.442 e. The summed E-state index contributed by atoms with van der Waals surface area (Å²) in [5, 5.41) is 0.0585. The Labute approximate surface area is 159 Å². The van der Waals surface area contributed by atoms with Crippen LogP contribution in [0.15, 0.2) is 0 Å². The minimum atomic E-state index is -2.02. The zero-order chi connectivity index (χ0) is 20.6. The predicted molar refractivity (Wildman–Crippen MR) is 104 cm³/mol. The van der Waals surface area contributed by atoms with Gasteiger partial charge in [-0.25, -0.2) is 9.59 Å². The van der Waals surface area contributed by atoms with Gasteiger partial charge in [-0.05, 0) is 57.2 Å². The largest absolute Gasteiger partial charge is 0.442 e. The van der Waals surface area contributed by atoms with Crippen LogP contribution in [0.25, 0.3) is 0 Å². The summed E-state index contributed by atoms with van der Waals surface area (Å²) in [6.45, 7) is 20.4. The van der Waals surface area contributed by atoms with Crippen molar-refractivity contribution in [1.29, 1.82) is 0 Å². The lowest BCUT2D eigenvalue weighted by atomic mass is 9.91. The lowest BCUT2D eigenvalue weighted by Crippen LogP contribution is -2.46. The van der Waals surface area contributed by atoms with Gasteiger partial charge in [0.05, 0.1) is 12.0 Å². The normalized spacial score (nSPS) is 23.5. The van der Waals surface area contributed by atoms with Crippen LogP contribution in [0.3, 0.4) is 0 Å². The molecule has 0 unspecified atom stereocenters. The van der Waals surface area contributed by atoms with Gasteiger partial charge in [-0.2, -0.15) is 0 Å². The van der Waals surface area contributed by atoms with Crippen molar-refractivity contribution < 1.29 is 23.6 Å². The molecule has 0 aromatic rings. The van der Waals surface area contributed by atoms with E-state index in [0.29, 0.717) is 6.42 Å². The summed E-state index contributed by atoms with van der Waals surface area (Å²) in [6, 6.07) is 0. The van der Waals surface area contributed by atoms with Crippen LogP contribution >= 0.6 is 0 Å². The maximum Gasteiger partial charge on any atom is 0.441 e. The summed E-state index contributed by atoms with van der Waals surface area (Å²) < 4.78 is 11.6. The van der Waals surface area contributed by atoms with Crippen LogP contribution < -0.4 is 5.48 Å². The number of hydroxylamine groups is 1. The minimum absolute atomic E-state index is 0.0113. The van der Waals surface area contributed by atoms with Crippen molar-refractivity contribution in [3.63, 3.8) is 0 Å². The van der Waals surface area contributed by atoms with Crippen LogP contribution in [0.4, 0.5) is 4.79 Å². The number of nitrogens with one attached hydrogen (secondary N) is 1. The summed E-state index contributed by atoms with van der Waals surface area (Å²) in [7, 11) is -2.02. The molecule has 0 spiro atoms. The highest BCUT2D eigenvalue weighted by Gasteiger charge is 2.49. The van der Waals surface area contributed by atoms with Crippen LogP contribution in [0.1, 0.15) is 68.2 Å². The molecule has 0 bridgehead atoms. The Balaban J connectivity index is 2.78. The third-order valence-electron chi connectivity index (χ3n) is 5.16. The van der Waals surface area contributed by atoms with Crippen LogP contribution in [0, 0.1) is 11.3 Å². The van der Waals surface area contributed by atoms with E-state index in [1.165, 1.54) is 0 Å². The molecule has 0 aliphatic heterocycles. The highest BCUT2D eigenvalue weighted by molar-refractivity contribution is 6.74. The van der Waals surface area contributed by atoms with Crippen molar-refractivity contribution in [2.24, 2.45) is 11.3 Å². The van der Waals surface area contributed by atoms with E-state index in [1.807, 2.05) is 0 Å². The van der Waals surface area contributed by atoms with Gasteiger partial charge in [-0.15, -0.1) is 5.48 Å². The van der Waals surface area contributed by atoms with Gasteiger partial charge in [0.15, 0.2) is 8.32 Å². The molecule has 1 fully saturated rings. The van der Waals surface area contributed by atoms with Gasteiger partial charge in [-0.3, -0.25) is 0 Å². The van der Waals surface area contributed by atoms with Crippen molar-refractivity contribution in [2.45, 2.75) is 98.1 Å². The number of carbonyl (C=O) groups excluding carboxylic acids is 2. The summed E-state index contributed by atoms with van der Waals surface area (Å²) in [4.78, 5) is 29.3. The highest BCUT2D eigenvalue weighted by atomic mass is 28.4. The van der Waals surface area contributed by atoms with Gasteiger partial charge in [-0.1, -0.05) is 34.6 Å². The Morgan fingerprint density at radius 3 is 2.04 bits per heavy atom. The molecule has 0 saturated heterocycles. The molecule has 1 amide bonds. The van der Waals surface area contributed by atoms with Crippen molar-refractivity contribution in [2.75, 3.05) is 0 Å². The Morgan fingerprint density at radius 2 is 1.58 bits per heavy atom. The van der Waals surface area contributed by atoms with Crippen LogP contribution in [0.5, 0.6) is 0 Å². The van der Waals surface area contributed by atoms with Gasteiger partial charge in [0.2, 0.25) is 0 Å². The fourth-order valence-electron chi connectivity index (χ4n) is 2.88. The van der Waals surface area contributed by atoms with Gasteiger partial charge in [0.1, 0.15) is 5.60 Å². The summed E-state index contributed by atoms with van der Waals surface area (Å²) in [5.41, 5.74) is 1.44. The molecule has 26 heavy (non-hydrogen) atoms. The zero-order valence-electron chi connectivity index (χ0n) is 18.1. The molecule has 1 N–H and O–H groups in total. The lowest BCUT2D eigenvalue weighted by Gasteiger charge is -2.39. The van der Waals surface area contributed by atoms with Gasteiger partial charge >= 0.3 is 12.1 Å². The number of carbonyl (C=O) groups is 2. The molecule has 152 valence electrons. The lowest BCUT2D eigenvalue weighted by molar-refractivity contribution is -0.158. The number of ether oxygens (including phenoxy) is 1. The second-order valence-electron chi connectivity index (χ2n) is 10.6. The van der Waals surface area contributed by atoms with Crippen LogP contribution in [0.2, 0.25) is 18.1 Å². The van der Waals surface area contributed by atoms with Crippen LogP contribution in [-0.2, 0) is 18.8 Å². The molecule has 1 rings (SSSR count). The first-order valence-corrected chi connectivity index (χ1v) is 12.2. The molecule has 0 aromatic heterocycles. The second kappa shape index (κ2) is 7.50. The average Bonchev–Trinajstić information content (AvgIpc) is 2.67. The molecule has 0 radical (unpaired) electrons. The molecule has 7 heteroatoms. The fraction of sp³-hybridized carbons (Fsp3) is 0.895. The van der Waals surface area contributed by atoms with E-state index >= 15 is 0 Å². The summed E-state index contributed by atoms with van der Waals surface area (Å²) >= 11 is 0. The molecule has 0 heterocycles. The van der Waals surface area contributed by atoms with Crippen molar-refractivity contribution in [1.82, 2.24) is 5.48 Å². The number of hydrogen-bond acceptors (Lipinski definition) is 5. The maximum atomic E-state index is 12.6. The molecule has 2 atom stereocenters. The number of amides is 1. The molecule has 0 aromatic carbocycles. The monoisotopic (exact) mass is 387 g/mol. The first kappa shape index (κ1) is 23.0.